The smallest absolute Gasteiger partial charge is 0.176 e. The summed E-state index contributed by atoms with van der Waals surface area (Å²) in [5.74, 6) is 1.43. The monoisotopic (exact) mass is 504 g/mol. The van der Waals surface area contributed by atoms with Gasteiger partial charge in [-0.15, -0.1) is 0 Å². The van der Waals surface area contributed by atoms with Crippen LogP contribution in [0.4, 0.5) is 11.5 Å². The summed E-state index contributed by atoms with van der Waals surface area (Å²) < 4.78 is 1.94. The van der Waals surface area contributed by atoms with Crippen LogP contribution in [0.5, 0.6) is 0 Å². The first-order chi connectivity index (χ1) is 17.1. The van der Waals surface area contributed by atoms with E-state index in [4.69, 9.17) is 15.1 Å². The zero-order chi connectivity index (χ0) is 24.6. The molecule has 0 spiro atoms. The summed E-state index contributed by atoms with van der Waals surface area (Å²) >= 11 is 3.42. The zero-order valence-electron chi connectivity index (χ0n) is 20.6. The van der Waals surface area contributed by atoms with Crippen molar-refractivity contribution >= 4 is 46.1 Å². The molecule has 1 unspecified atom stereocenters. The number of carbonyl (C=O) groups excluding carboxylic acids is 1. The first kappa shape index (κ1) is 25.3. The number of fused-ring (bicyclic) bond motifs is 1. The number of carbonyl (C=O) groups is 1. The van der Waals surface area contributed by atoms with Crippen molar-refractivity contribution in [2.45, 2.75) is 56.7 Å². The van der Waals surface area contributed by atoms with E-state index < -0.39 is 0 Å². The lowest BCUT2D eigenvalue weighted by Crippen LogP contribution is -2.35. The molecule has 5 nitrogen and oxygen atoms in total. The van der Waals surface area contributed by atoms with Gasteiger partial charge in [0.15, 0.2) is 15.9 Å². The van der Waals surface area contributed by atoms with E-state index in [1.165, 1.54) is 0 Å². The standard InChI is InChI=1S/C28H32N4OS2/c1-4-6-18-29-27-24-23(21-14-10-8-11-15-21)25(20(3)33)31-32(22-16-12-9-13-17-22)26(24)30-28(35-27)34-19-7-5-2/h8-17,23H,4-7,18-19H2,1-3H3. The van der Waals surface area contributed by atoms with Gasteiger partial charge in [-0.2, -0.15) is 5.10 Å². The number of benzene rings is 2. The van der Waals surface area contributed by atoms with Crippen LogP contribution in [-0.4, -0.2) is 28.8 Å². The van der Waals surface area contributed by atoms with Gasteiger partial charge in [0.2, 0.25) is 0 Å². The van der Waals surface area contributed by atoms with Gasteiger partial charge in [-0.25, -0.2) is 9.99 Å². The Morgan fingerprint density at radius 1 is 1.03 bits per heavy atom. The quantitative estimate of drug-likeness (QED) is 0.221. The Kier molecular flexibility index (Phi) is 8.88. The number of thioether (sulfide) groups is 1. The van der Waals surface area contributed by atoms with Gasteiger partial charge >= 0.3 is 0 Å². The molecule has 0 aliphatic carbocycles. The van der Waals surface area contributed by atoms with Crippen LogP contribution in [-0.2, 0) is 4.79 Å². The van der Waals surface area contributed by atoms with Gasteiger partial charge in [-0.05, 0) is 30.5 Å². The fraction of sp³-hybridized carbons (Fsp3) is 0.357. The first-order valence-corrected chi connectivity index (χ1v) is 14.1. The van der Waals surface area contributed by atoms with Gasteiger partial charge < -0.3 is 0 Å². The van der Waals surface area contributed by atoms with Crippen molar-refractivity contribution in [2.24, 2.45) is 10.1 Å². The third-order valence-corrected chi connectivity index (χ3v) is 8.05. The molecular weight excluding hydrogens is 472 g/mol. The largest absolute Gasteiger partial charge is 0.293 e. The number of hydrazone groups is 1. The molecule has 2 heterocycles. The molecule has 1 aliphatic rings. The Labute approximate surface area is 216 Å². The molecule has 4 rings (SSSR count). The molecule has 182 valence electrons. The molecule has 0 saturated heterocycles. The third-order valence-electron chi connectivity index (χ3n) is 5.81. The highest BCUT2D eigenvalue weighted by atomic mass is 32.2. The van der Waals surface area contributed by atoms with E-state index in [2.05, 4.69) is 26.0 Å². The second kappa shape index (κ2) is 12.3. The molecular formula is C28H32N4OS2. The molecule has 1 aliphatic heterocycles. The van der Waals surface area contributed by atoms with E-state index in [1.807, 2.05) is 53.5 Å². The molecule has 0 amide bonds. The fourth-order valence-corrected chi connectivity index (χ4v) is 6.23. The second-order valence-electron chi connectivity index (χ2n) is 8.49. The van der Waals surface area contributed by atoms with Crippen LogP contribution < -0.4 is 9.68 Å². The van der Waals surface area contributed by atoms with E-state index >= 15 is 0 Å². The van der Waals surface area contributed by atoms with Gasteiger partial charge in [-0.1, -0.05) is 98.3 Å². The van der Waals surface area contributed by atoms with Crippen molar-refractivity contribution in [3.63, 3.8) is 0 Å². The summed E-state index contributed by atoms with van der Waals surface area (Å²) in [6, 6.07) is 20.1. The highest BCUT2D eigenvalue weighted by molar-refractivity contribution is 8.00. The number of aromatic nitrogens is 1. The van der Waals surface area contributed by atoms with E-state index in [0.717, 1.165) is 69.6 Å². The minimum absolute atomic E-state index is 0.0451. The molecule has 0 radical (unpaired) electrons. The number of hydrogen-bond donors (Lipinski definition) is 0. The van der Waals surface area contributed by atoms with E-state index in [9.17, 15) is 4.79 Å². The molecule has 7 heteroatoms. The zero-order valence-corrected chi connectivity index (χ0v) is 22.2. The third kappa shape index (κ3) is 5.90. The maximum absolute atomic E-state index is 13.0. The number of ketones is 1. The van der Waals surface area contributed by atoms with Crippen LogP contribution in [0.25, 0.3) is 0 Å². The van der Waals surface area contributed by atoms with Crippen molar-refractivity contribution in [1.82, 2.24) is 4.98 Å². The van der Waals surface area contributed by atoms with Crippen molar-refractivity contribution < 1.29 is 4.79 Å². The summed E-state index contributed by atoms with van der Waals surface area (Å²) in [5.41, 5.74) is 3.40. The number of unbranched alkanes of at least 4 members (excludes halogenated alkanes) is 2. The Morgan fingerprint density at radius 3 is 2.37 bits per heavy atom. The van der Waals surface area contributed by atoms with Crippen LogP contribution in [0.15, 0.2) is 75.1 Å². The highest BCUT2D eigenvalue weighted by Gasteiger charge is 2.36. The number of Topliss-reactive ketones (excluding diaryl/α,β-unsaturated/α-hetero) is 1. The summed E-state index contributed by atoms with van der Waals surface area (Å²) in [4.78, 5) is 23.2. The Bertz CT molecular complexity index is 1240. The predicted molar refractivity (Wildman–Crippen MR) is 148 cm³/mol. The molecule has 3 aromatic rings. The van der Waals surface area contributed by atoms with Gasteiger partial charge in [0.1, 0.15) is 10.4 Å². The summed E-state index contributed by atoms with van der Waals surface area (Å²) in [6.07, 6.45) is 4.39. The topological polar surface area (TPSA) is 57.9 Å². The Hall–Kier alpha value is -2.77. The Morgan fingerprint density at radius 2 is 1.71 bits per heavy atom. The van der Waals surface area contributed by atoms with E-state index in [-0.39, 0.29) is 11.7 Å². The normalized spacial score (nSPS) is 15.6. The van der Waals surface area contributed by atoms with Crippen molar-refractivity contribution in [3.05, 3.63) is 76.5 Å². The number of nitrogens with zero attached hydrogens (tertiary/aromatic N) is 4. The molecule has 0 saturated carbocycles. The molecule has 1 aromatic heterocycles. The lowest BCUT2D eigenvalue weighted by Gasteiger charge is -2.32. The Balaban J connectivity index is 1.99. The van der Waals surface area contributed by atoms with E-state index in [0.29, 0.717) is 5.71 Å². The lowest BCUT2D eigenvalue weighted by atomic mass is 9.85. The average molecular weight is 505 g/mol. The predicted octanol–water partition coefficient (Wildman–Crippen LogP) is 6.96. The summed E-state index contributed by atoms with van der Waals surface area (Å²) in [6.45, 7) is 6.73. The van der Waals surface area contributed by atoms with Crippen LogP contribution in [0, 0.1) is 0 Å². The minimum atomic E-state index is -0.303. The number of anilines is 2. The van der Waals surface area contributed by atoms with Gasteiger partial charge in [0.25, 0.3) is 0 Å². The fourth-order valence-electron chi connectivity index (χ4n) is 3.98. The SMILES string of the molecule is CCCCN=c1sc(SCCCC)nc2c1C(c1ccccc1)C(C(C)=O)=NN2c1ccccc1. The molecule has 0 N–H and O–H groups in total. The van der Waals surface area contributed by atoms with Gasteiger partial charge in [0.05, 0.1) is 11.6 Å². The average Bonchev–Trinajstić information content (AvgIpc) is 2.89. The summed E-state index contributed by atoms with van der Waals surface area (Å²) in [5, 5.41) is 6.75. The summed E-state index contributed by atoms with van der Waals surface area (Å²) in [7, 11) is 0. The number of hydrogen-bond acceptors (Lipinski definition) is 7. The first-order valence-electron chi connectivity index (χ1n) is 12.3. The number of para-hydroxylation sites is 1. The van der Waals surface area contributed by atoms with Crippen molar-refractivity contribution in [2.75, 3.05) is 17.3 Å². The van der Waals surface area contributed by atoms with E-state index in [1.54, 1.807) is 30.0 Å². The lowest BCUT2D eigenvalue weighted by molar-refractivity contribution is -0.111. The van der Waals surface area contributed by atoms with Gasteiger partial charge in [0, 0.05) is 24.8 Å². The van der Waals surface area contributed by atoms with Crippen LogP contribution in [0.1, 0.15) is 63.5 Å². The van der Waals surface area contributed by atoms with Crippen molar-refractivity contribution in [1.29, 1.82) is 0 Å². The highest BCUT2D eigenvalue weighted by Crippen LogP contribution is 2.40. The van der Waals surface area contributed by atoms with Crippen LogP contribution in [0.3, 0.4) is 0 Å². The molecule has 2 aromatic carbocycles. The van der Waals surface area contributed by atoms with Crippen molar-refractivity contribution in [3.8, 4) is 0 Å². The molecule has 35 heavy (non-hydrogen) atoms. The minimum Gasteiger partial charge on any atom is -0.293 e. The molecule has 0 fully saturated rings. The molecule has 1 atom stereocenters. The maximum Gasteiger partial charge on any atom is 0.176 e. The van der Waals surface area contributed by atoms with Crippen LogP contribution >= 0.6 is 23.1 Å². The second-order valence-corrected chi connectivity index (χ2v) is 10.8. The number of rotatable bonds is 10. The maximum atomic E-state index is 13.0. The van der Waals surface area contributed by atoms with Gasteiger partial charge in [-0.3, -0.25) is 9.79 Å². The molecule has 0 bridgehead atoms. The van der Waals surface area contributed by atoms with Crippen LogP contribution in [0.2, 0.25) is 0 Å².